The predicted octanol–water partition coefficient (Wildman–Crippen LogP) is 3.04. The summed E-state index contributed by atoms with van der Waals surface area (Å²) >= 11 is 0. The Hall–Kier alpha value is -2.12. The molecule has 0 aliphatic heterocycles. The molecular weight excluding hydrogens is 352 g/mol. The number of hydrogen-bond donors (Lipinski definition) is 2. The maximum Gasteiger partial charge on any atom is 0.273 e. The van der Waals surface area contributed by atoms with Gasteiger partial charge in [0.25, 0.3) is 15.9 Å². The summed E-state index contributed by atoms with van der Waals surface area (Å²) < 4.78 is 31.2. The van der Waals surface area contributed by atoms with Crippen LogP contribution in [0.15, 0.2) is 33.8 Å². The molecule has 26 heavy (non-hydrogen) atoms. The van der Waals surface area contributed by atoms with Crippen molar-refractivity contribution in [1.82, 2.24) is 10.0 Å². The van der Waals surface area contributed by atoms with Crippen LogP contribution < -0.4 is 10.0 Å². The van der Waals surface area contributed by atoms with E-state index in [-0.39, 0.29) is 28.4 Å². The van der Waals surface area contributed by atoms with Gasteiger partial charge in [0.2, 0.25) is 5.09 Å². The minimum absolute atomic E-state index is 0.0742. The fourth-order valence-electron chi connectivity index (χ4n) is 3.28. The highest BCUT2D eigenvalue weighted by Crippen LogP contribution is 2.34. The Morgan fingerprint density at radius 2 is 2.00 bits per heavy atom. The lowest BCUT2D eigenvalue weighted by molar-refractivity contribution is 0.0935. The molecule has 6 nitrogen and oxygen atoms in total. The first-order valence-corrected chi connectivity index (χ1v) is 10.2. The SMILES string of the molecule is CNS(=O)(=O)c1cc(C(=O)NC2CCc3ccc(C(C)C)cc32)c(C)o1. The number of benzene rings is 1. The average molecular weight is 376 g/mol. The van der Waals surface area contributed by atoms with Gasteiger partial charge in [-0.05, 0) is 49.4 Å². The maximum atomic E-state index is 12.7. The number of nitrogens with one attached hydrogen (secondary N) is 2. The highest BCUT2D eigenvalue weighted by Gasteiger charge is 2.28. The second-order valence-corrected chi connectivity index (χ2v) is 8.74. The molecule has 1 heterocycles. The van der Waals surface area contributed by atoms with Gasteiger partial charge in [0.05, 0.1) is 11.6 Å². The molecule has 2 N–H and O–H groups in total. The van der Waals surface area contributed by atoms with Crippen LogP contribution >= 0.6 is 0 Å². The van der Waals surface area contributed by atoms with Crippen LogP contribution in [0.1, 0.15) is 65.0 Å². The lowest BCUT2D eigenvalue weighted by Crippen LogP contribution is -2.27. The number of carbonyl (C=O) groups is 1. The standard InChI is InChI=1S/C19H24N2O4S/c1-11(2)14-6-5-13-7-8-17(16(13)9-14)21-19(22)15-10-18(25-12(15)3)26(23,24)20-4/h5-6,9-11,17,20H,7-8H2,1-4H3,(H,21,22). The van der Waals surface area contributed by atoms with E-state index in [0.717, 1.165) is 18.4 Å². The first-order valence-electron chi connectivity index (χ1n) is 8.70. The first-order chi connectivity index (χ1) is 12.2. The summed E-state index contributed by atoms with van der Waals surface area (Å²) in [4.78, 5) is 12.7. The van der Waals surface area contributed by atoms with Gasteiger partial charge in [0.15, 0.2) is 0 Å². The Morgan fingerprint density at radius 1 is 1.27 bits per heavy atom. The van der Waals surface area contributed by atoms with Crippen LogP contribution in [0.2, 0.25) is 0 Å². The highest BCUT2D eigenvalue weighted by molar-refractivity contribution is 7.89. The van der Waals surface area contributed by atoms with Crippen molar-refractivity contribution < 1.29 is 17.6 Å². The second kappa shape index (κ2) is 6.89. The zero-order chi connectivity index (χ0) is 19.1. The summed E-state index contributed by atoms with van der Waals surface area (Å²) in [6.45, 7) is 5.87. The van der Waals surface area contributed by atoms with Gasteiger partial charge < -0.3 is 9.73 Å². The van der Waals surface area contributed by atoms with Gasteiger partial charge in [-0.1, -0.05) is 32.0 Å². The van der Waals surface area contributed by atoms with Crippen LogP contribution in [0.5, 0.6) is 0 Å². The number of aryl methyl sites for hydroxylation is 2. The third-order valence-electron chi connectivity index (χ3n) is 4.89. The molecule has 1 aliphatic carbocycles. The zero-order valence-electron chi connectivity index (χ0n) is 15.4. The van der Waals surface area contributed by atoms with Crippen molar-refractivity contribution in [2.45, 2.75) is 50.7 Å². The van der Waals surface area contributed by atoms with Crippen molar-refractivity contribution in [3.63, 3.8) is 0 Å². The predicted molar refractivity (Wildman–Crippen MR) is 98.7 cm³/mol. The van der Waals surface area contributed by atoms with Crippen molar-refractivity contribution in [1.29, 1.82) is 0 Å². The lowest BCUT2D eigenvalue weighted by atomic mass is 9.97. The van der Waals surface area contributed by atoms with E-state index in [0.29, 0.717) is 5.92 Å². The monoisotopic (exact) mass is 376 g/mol. The van der Waals surface area contributed by atoms with Crippen molar-refractivity contribution in [3.8, 4) is 0 Å². The van der Waals surface area contributed by atoms with E-state index in [1.54, 1.807) is 6.92 Å². The van der Waals surface area contributed by atoms with E-state index < -0.39 is 10.0 Å². The number of amides is 1. The van der Waals surface area contributed by atoms with E-state index in [9.17, 15) is 13.2 Å². The van der Waals surface area contributed by atoms with Gasteiger partial charge in [-0.3, -0.25) is 4.79 Å². The van der Waals surface area contributed by atoms with E-state index in [4.69, 9.17) is 4.42 Å². The van der Waals surface area contributed by atoms with Gasteiger partial charge in [-0.25, -0.2) is 13.1 Å². The molecule has 0 spiro atoms. The fourth-order valence-corrected chi connectivity index (χ4v) is 3.99. The minimum Gasteiger partial charge on any atom is -0.448 e. The normalized spacial score (nSPS) is 16.7. The zero-order valence-corrected chi connectivity index (χ0v) is 16.2. The summed E-state index contributed by atoms with van der Waals surface area (Å²) in [6.07, 6.45) is 1.75. The molecule has 1 aromatic carbocycles. The van der Waals surface area contributed by atoms with E-state index in [1.165, 1.54) is 24.2 Å². The quantitative estimate of drug-likeness (QED) is 0.839. The number of furan rings is 1. The lowest BCUT2D eigenvalue weighted by Gasteiger charge is -2.16. The van der Waals surface area contributed by atoms with Crippen LogP contribution in [-0.4, -0.2) is 21.4 Å². The molecule has 1 amide bonds. The summed E-state index contributed by atoms with van der Waals surface area (Å²) in [5, 5.41) is 2.77. The molecule has 7 heteroatoms. The van der Waals surface area contributed by atoms with Crippen LogP contribution in [0.3, 0.4) is 0 Å². The van der Waals surface area contributed by atoms with Crippen molar-refractivity contribution in [2.75, 3.05) is 7.05 Å². The number of fused-ring (bicyclic) bond motifs is 1. The average Bonchev–Trinajstić information content (AvgIpc) is 3.18. The molecule has 0 bridgehead atoms. The molecule has 0 saturated carbocycles. The smallest absolute Gasteiger partial charge is 0.273 e. The fraction of sp³-hybridized carbons (Fsp3) is 0.421. The number of hydrogen-bond acceptors (Lipinski definition) is 4. The Bertz CT molecular complexity index is 944. The maximum absolute atomic E-state index is 12.7. The minimum atomic E-state index is -3.72. The third kappa shape index (κ3) is 3.41. The van der Waals surface area contributed by atoms with Crippen molar-refractivity contribution in [3.05, 3.63) is 52.3 Å². The van der Waals surface area contributed by atoms with Crippen LogP contribution in [-0.2, 0) is 16.4 Å². The molecule has 140 valence electrons. The second-order valence-electron chi connectivity index (χ2n) is 6.92. The molecule has 1 aliphatic rings. The number of sulfonamides is 1. The van der Waals surface area contributed by atoms with Gasteiger partial charge >= 0.3 is 0 Å². The van der Waals surface area contributed by atoms with Crippen LogP contribution in [0.25, 0.3) is 0 Å². The molecule has 2 aromatic rings. The molecule has 1 aromatic heterocycles. The molecule has 1 unspecified atom stereocenters. The Morgan fingerprint density at radius 3 is 2.65 bits per heavy atom. The first kappa shape index (κ1) is 18.7. The largest absolute Gasteiger partial charge is 0.448 e. The Kier molecular flexibility index (Phi) is 4.94. The number of rotatable bonds is 5. The van der Waals surface area contributed by atoms with E-state index in [2.05, 4.69) is 42.1 Å². The summed E-state index contributed by atoms with van der Waals surface area (Å²) in [5.41, 5.74) is 3.88. The molecule has 1 atom stereocenters. The third-order valence-corrected chi connectivity index (χ3v) is 6.16. The summed E-state index contributed by atoms with van der Waals surface area (Å²) in [7, 11) is -2.42. The van der Waals surface area contributed by atoms with Gasteiger partial charge in [0.1, 0.15) is 5.76 Å². The van der Waals surface area contributed by atoms with Gasteiger partial charge in [0, 0.05) is 6.07 Å². The molecule has 0 saturated heterocycles. The summed E-state index contributed by atoms with van der Waals surface area (Å²) in [5.74, 6) is 0.379. The Labute approximate surface area is 154 Å². The summed E-state index contributed by atoms with van der Waals surface area (Å²) in [6, 6.07) is 7.64. The van der Waals surface area contributed by atoms with Gasteiger partial charge in [-0.2, -0.15) is 0 Å². The van der Waals surface area contributed by atoms with E-state index >= 15 is 0 Å². The van der Waals surface area contributed by atoms with Crippen LogP contribution in [0, 0.1) is 6.92 Å². The topological polar surface area (TPSA) is 88.4 Å². The van der Waals surface area contributed by atoms with Crippen molar-refractivity contribution in [2.24, 2.45) is 0 Å². The number of carbonyl (C=O) groups excluding carboxylic acids is 1. The molecule has 0 fully saturated rings. The van der Waals surface area contributed by atoms with Crippen LogP contribution in [0.4, 0.5) is 0 Å². The molecule has 0 radical (unpaired) electrons. The van der Waals surface area contributed by atoms with E-state index in [1.807, 2.05) is 0 Å². The highest BCUT2D eigenvalue weighted by atomic mass is 32.2. The Balaban J connectivity index is 1.84. The molecular formula is C19H24N2O4S. The molecule has 3 rings (SSSR count). The van der Waals surface area contributed by atoms with Gasteiger partial charge in [-0.15, -0.1) is 0 Å². The van der Waals surface area contributed by atoms with Crippen molar-refractivity contribution >= 4 is 15.9 Å².